The summed E-state index contributed by atoms with van der Waals surface area (Å²) in [6.07, 6.45) is 0. The Balaban J connectivity index is 3.01. The summed E-state index contributed by atoms with van der Waals surface area (Å²) in [6.45, 7) is 11.8. The second-order valence-corrected chi connectivity index (χ2v) is 4.92. The van der Waals surface area contributed by atoms with Crippen LogP contribution >= 0.6 is 0 Å². The largest absolute Gasteiger partial charge is 0.377 e. The van der Waals surface area contributed by atoms with E-state index in [1.807, 2.05) is 6.07 Å². The summed E-state index contributed by atoms with van der Waals surface area (Å²) < 4.78 is 5.14. The molecule has 0 spiro atoms. The highest BCUT2D eigenvalue weighted by Gasteiger charge is 2.11. The van der Waals surface area contributed by atoms with E-state index in [0.29, 0.717) is 12.5 Å². The van der Waals surface area contributed by atoms with Gasteiger partial charge in [0, 0.05) is 32.8 Å². The van der Waals surface area contributed by atoms with Crippen LogP contribution in [0, 0.1) is 5.92 Å². The van der Waals surface area contributed by atoms with Crippen LogP contribution < -0.4 is 10.2 Å². The SMILES string of the molecule is CCNc1cc(N(CC)CC(C)C)nc(COC)n1. The van der Waals surface area contributed by atoms with Gasteiger partial charge in [0.15, 0.2) is 5.82 Å². The number of methoxy groups -OCH3 is 1. The van der Waals surface area contributed by atoms with Crippen LogP contribution in [0.2, 0.25) is 0 Å². The lowest BCUT2D eigenvalue weighted by Crippen LogP contribution is -2.28. The van der Waals surface area contributed by atoms with Gasteiger partial charge in [-0.2, -0.15) is 0 Å². The molecular formula is C14H26N4O. The highest BCUT2D eigenvalue weighted by atomic mass is 16.5. The number of hydrogen-bond acceptors (Lipinski definition) is 5. The van der Waals surface area contributed by atoms with E-state index in [1.165, 1.54) is 0 Å². The Morgan fingerprint density at radius 3 is 2.58 bits per heavy atom. The van der Waals surface area contributed by atoms with Crippen LogP contribution in [0.1, 0.15) is 33.5 Å². The number of nitrogens with zero attached hydrogens (tertiary/aromatic N) is 3. The highest BCUT2D eigenvalue weighted by molar-refractivity contribution is 5.49. The third-order valence-corrected chi connectivity index (χ3v) is 2.68. The van der Waals surface area contributed by atoms with Gasteiger partial charge in [0.2, 0.25) is 0 Å². The summed E-state index contributed by atoms with van der Waals surface area (Å²) in [5, 5.41) is 3.25. The molecule has 5 nitrogen and oxygen atoms in total. The first-order valence-electron chi connectivity index (χ1n) is 6.96. The van der Waals surface area contributed by atoms with Crippen molar-refractivity contribution in [1.29, 1.82) is 0 Å². The molecular weight excluding hydrogens is 240 g/mol. The topological polar surface area (TPSA) is 50.3 Å². The number of aromatic nitrogens is 2. The van der Waals surface area contributed by atoms with E-state index in [1.54, 1.807) is 7.11 Å². The normalized spacial score (nSPS) is 10.8. The van der Waals surface area contributed by atoms with Crippen molar-refractivity contribution in [2.75, 3.05) is 37.0 Å². The zero-order chi connectivity index (χ0) is 14.3. The van der Waals surface area contributed by atoms with Crippen molar-refractivity contribution >= 4 is 11.6 Å². The minimum Gasteiger partial charge on any atom is -0.377 e. The van der Waals surface area contributed by atoms with Crippen LogP contribution in [-0.4, -0.2) is 36.7 Å². The lowest BCUT2D eigenvalue weighted by molar-refractivity contribution is 0.178. The molecule has 19 heavy (non-hydrogen) atoms. The van der Waals surface area contributed by atoms with Crippen molar-refractivity contribution in [2.24, 2.45) is 5.92 Å². The maximum absolute atomic E-state index is 5.14. The third kappa shape index (κ3) is 5.03. The van der Waals surface area contributed by atoms with Crippen molar-refractivity contribution in [2.45, 2.75) is 34.3 Å². The van der Waals surface area contributed by atoms with Crippen LogP contribution in [0.25, 0.3) is 0 Å². The predicted molar refractivity (Wildman–Crippen MR) is 79.6 cm³/mol. The van der Waals surface area contributed by atoms with Gasteiger partial charge in [-0.05, 0) is 19.8 Å². The Labute approximate surface area is 116 Å². The second-order valence-electron chi connectivity index (χ2n) is 4.92. The molecule has 1 N–H and O–H groups in total. The molecule has 108 valence electrons. The minimum absolute atomic E-state index is 0.436. The van der Waals surface area contributed by atoms with E-state index in [2.05, 4.69) is 47.9 Å². The molecule has 0 aromatic carbocycles. The summed E-state index contributed by atoms with van der Waals surface area (Å²) in [5.41, 5.74) is 0. The maximum Gasteiger partial charge on any atom is 0.158 e. The molecule has 0 aliphatic rings. The molecule has 0 aliphatic heterocycles. The maximum atomic E-state index is 5.14. The Hall–Kier alpha value is -1.36. The minimum atomic E-state index is 0.436. The van der Waals surface area contributed by atoms with Gasteiger partial charge in [-0.3, -0.25) is 0 Å². The monoisotopic (exact) mass is 266 g/mol. The average molecular weight is 266 g/mol. The zero-order valence-electron chi connectivity index (χ0n) is 12.7. The molecule has 5 heteroatoms. The summed E-state index contributed by atoms with van der Waals surface area (Å²) in [5.74, 6) is 3.15. The Kier molecular flexibility index (Phi) is 6.56. The molecule has 0 aliphatic carbocycles. The summed E-state index contributed by atoms with van der Waals surface area (Å²) in [7, 11) is 1.66. The van der Waals surface area contributed by atoms with Crippen LogP contribution in [0.5, 0.6) is 0 Å². The first-order valence-corrected chi connectivity index (χ1v) is 6.96. The Morgan fingerprint density at radius 2 is 2.05 bits per heavy atom. The summed E-state index contributed by atoms with van der Waals surface area (Å²) in [6, 6.07) is 2.01. The first kappa shape index (κ1) is 15.7. The van der Waals surface area contributed by atoms with Crippen molar-refractivity contribution in [3.63, 3.8) is 0 Å². The molecule has 1 heterocycles. The van der Waals surface area contributed by atoms with Gasteiger partial charge in [-0.1, -0.05) is 13.8 Å². The molecule has 1 rings (SSSR count). The van der Waals surface area contributed by atoms with Crippen LogP contribution in [0.15, 0.2) is 6.07 Å². The quantitative estimate of drug-likeness (QED) is 0.783. The Bertz CT molecular complexity index is 357. The van der Waals surface area contributed by atoms with E-state index < -0.39 is 0 Å². The van der Waals surface area contributed by atoms with Crippen LogP contribution in [0.4, 0.5) is 11.6 Å². The predicted octanol–water partition coefficient (Wildman–Crippen LogP) is 2.54. The van der Waals surface area contributed by atoms with Gasteiger partial charge >= 0.3 is 0 Å². The third-order valence-electron chi connectivity index (χ3n) is 2.68. The lowest BCUT2D eigenvalue weighted by Gasteiger charge is -2.24. The van der Waals surface area contributed by atoms with E-state index in [9.17, 15) is 0 Å². The highest BCUT2D eigenvalue weighted by Crippen LogP contribution is 2.17. The number of rotatable bonds is 8. The Morgan fingerprint density at radius 1 is 1.32 bits per heavy atom. The number of ether oxygens (including phenoxy) is 1. The summed E-state index contributed by atoms with van der Waals surface area (Å²) in [4.78, 5) is 11.3. The molecule has 0 saturated heterocycles. The van der Waals surface area contributed by atoms with Crippen molar-refractivity contribution in [3.05, 3.63) is 11.9 Å². The van der Waals surface area contributed by atoms with Gasteiger partial charge in [0.05, 0.1) is 0 Å². The average Bonchev–Trinajstić information content (AvgIpc) is 2.36. The fourth-order valence-corrected chi connectivity index (χ4v) is 1.94. The smallest absolute Gasteiger partial charge is 0.158 e. The van der Waals surface area contributed by atoms with E-state index in [4.69, 9.17) is 4.74 Å². The van der Waals surface area contributed by atoms with Gasteiger partial charge in [0.1, 0.15) is 18.2 Å². The molecule has 0 bridgehead atoms. The second kappa shape index (κ2) is 7.94. The molecule has 0 atom stereocenters. The van der Waals surface area contributed by atoms with Crippen LogP contribution in [0.3, 0.4) is 0 Å². The van der Waals surface area contributed by atoms with Gasteiger partial charge < -0.3 is 15.0 Å². The number of nitrogens with one attached hydrogen (secondary N) is 1. The fraction of sp³-hybridized carbons (Fsp3) is 0.714. The summed E-state index contributed by atoms with van der Waals surface area (Å²) >= 11 is 0. The molecule has 0 amide bonds. The number of hydrogen-bond donors (Lipinski definition) is 1. The standard InChI is InChI=1S/C14H26N4O/c1-6-15-12-8-14(17-13(16-12)10-19-5)18(7-2)9-11(3)4/h8,11H,6-7,9-10H2,1-5H3,(H,15,16,17). The van der Waals surface area contributed by atoms with Crippen LogP contribution in [-0.2, 0) is 11.3 Å². The lowest BCUT2D eigenvalue weighted by atomic mass is 10.2. The van der Waals surface area contributed by atoms with Gasteiger partial charge in [0.25, 0.3) is 0 Å². The molecule has 0 saturated carbocycles. The van der Waals surface area contributed by atoms with Crippen molar-refractivity contribution < 1.29 is 4.74 Å². The molecule has 1 aromatic heterocycles. The van der Waals surface area contributed by atoms with E-state index in [0.717, 1.165) is 37.1 Å². The van der Waals surface area contributed by atoms with Crippen molar-refractivity contribution in [1.82, 2.24) is 9.97 Å². The molecule has 0 radical (unpaired) electrons. The fourth-order valence-electron chi connectivity index (χ4n) is 1.94. The van der Waals surface area contributed by atoms with E-state index >= 15 is 0 Å². The van der Waals surface area contributed by atoms with Gasteiger partial charge in [-0.15, -0.1) is 0 Å². The van der Waals surface area contributed by atoms with E-state index in [-0.39, 0.29) is 0 Å². The van der Waals surface area contributed by atoms with Gasteiger partial charge in [-0.25, -0.2) is 9.97 Å². The zero-order valence-corrected chi connectivity index (χ0v) is 12.7. The molecule has 0 fully saturated rings. The number of anilines is 2. The van der Waals surface area contributed by atoms with Crippen molar-refractivity contribution in [3.8, 4) is 0 Å². The first-order chi connectivity index (χ1) is 9.10. The molecule has 1 aromatic rings. The molecule has 0 unspecified atom stereocenters.